The third-order valence-corrected chi connectivity index (χ3v) is 3.02. The first-order valence-electron chi connectivity index (χ1n) is 6.03. The lowest BCUT2D eigenvalue weighted by atomic mass is 10.0. The van der Waals surface area contributed by atoms with Crippen LogP contribution in [0.1, 0.15) is 20.8 Å². The van der Waals surface area contributed by atoms with Gasteiger partial charge in [-0.25, -0.2) is 9.59 Å². The minimum absolute atomic E-state index is 0.191. The van der Waals surface area contributed by atoms with E-state index < -0.39 is 28.7 Å². The maximum Gasteiger partial charge on any atom is 0.329 e. The van der Waals surface area contributed by atoms with Crippen LogP contribution in [0.2, 0.25) is 0 Å². The highest BCUT2D eigenvalue weighted by atomic mass is 16.4. The first-order valence-corrected chi connectivity index (χ1v) is 6.03. The number of amides is 1. The SMILES string of the molecule is CCN(C(=O)Cn1ccc(=O)[nH]c1=O)C(C)(C)C(=O)O. The fourth-order valence-corrected chi connectivity index (χ4v) is 1.80. The summed E-state index contributed by atoms with van der Waals surface area (Å²) in [6.45, 7) is 4.33. The lowest BCUT2D eigenvalue weighted by Gasteiger charge is -2.34. The average Bonchev–Trinajstić information content (AvgIpc) is 2.33. The molecule has 0 atom stereocenters. The van der Waals surface area contributed by atoms with Crippen molar-refractivity contribution in [2.75, 3.05) is 6.54 Å². The molecule has 0 saturated carbocycles. The normalized spacial score (nSPS) is 11.2. The van der Waals surface area contributed by atoms with E-state index in [2.05, 4.69) is 0 Å². The topological polar surface area (TPSA) is 112 Å². The van der Waals surface area contributed by atoms with E-state index in [4.69, 9.17) is 5.11 Å². The van der Waals surface area contributed by atoms with E-state index in [1.165, 1.54) is 20.0 Å². The fourth-order valence-electron chi connectivity index (χ4n) is 1.80. The summed E-state index contributed by atoms with van der Waals surface area (Å²) in [6, 6.07) is 1.12. The van der Waals surface area contributed by atoms with Crippen LogP contribution in [0.5, 0.6) is 0 Å². The Kier molecular flexibility index (Phi) is 4.49. The van der Waals surface area contributed by atoms with Crippen molar-refractivity contribution in [3.63, 3.8) is 0 Å². The van der Waals surface area contributed by atoms with Gasteiger partial charge in [-0.3, -0.25) is 19.1 Å². The first-order chi connectivity index (χ1) is 9.20. The van der Waals surface area contributed by atoms with E-state index in [1.807, 2.05) is 4.98 Å². The number of nitrogens with zero attached hydrogens (tertiary/aromatic N) is 2. The van der Waals surface area contributed by atoms with Crippen molar-refractivity contribution in [1.82, 2.24) is 14.5 Å². The van der Waals surface area contributed by atoms with Crippen LogP contribution in [0.15, 0.2) is 21.9 Å². The molecule has 0 aliphatic rings. The molecule has 0 aliphatic heterocycles. The van der Waals surface area contributed by atoms with Crippen LogP contribution in [0.3, 0.4) is 0 Å². The smallest absolute Gasteiger partial charge is 0.329 e. The maximum absolute atomic E-state index is 12.1. The number of rotatable bonds is 5. The van der Waals surface area contributed by atoms with Gasteiger partial charge < -0.3 is 10.0 Å². The van der Waals surface area contributed by atoms with Crippen LogP contribution in [0.4, 0.5) is 0 Å². The number of carbonyl (C=O) groups is 2. The van der Waals surface area contributed by atoms with Crippen molar-refractivity contribution in [2.24, 2.45) is 0 Å². The Labute approximate surface area is 114 Å². The quantitative estimate of drug-likeness (QED) is 0.738. The Morgan fingerprint density at radius 2 is 2.00 bits per heavy atom. The molecule has 0 bridgehead atoms. The molecule has 8 nitrogen and oxygen atoms in total. The highest BCUT2D eigenvalue weighted by Gasteiger charge is 2.36. The van der Waals surface area contributed by atoms with Gasteiger partial charge in [-0.15, -0.1) is 0 Å². The molecule has 0 spiro atoms. The van der Waals surface area contributed by atoms with Crippen LogP contribution in [0.25, 0.3) is 0 Å². The first kappa shape index (κ1) is 15.7. The number of carboxylic acid groups (broad SMARTS) is 1. The van der Waals surface area contributed by atoms with Gasteiger partial charge in [-0.1, -0.05) is 0 Å². The molecule has 0 saturated heterocycles. The molecule has 2 N–H and O–H groups in total. The van der Waals surface area contributed by atoms with Gasteiger partial charge in [0.25, 0.3) is 5.56 Å². The van der Waals surface area contributed by atoms with Gasteiger partial charge in [0.05, 0.1) is 0 Å². The predicted octanol–water partition coefficient (Wildman–Crippen LogP) is -0.752. The second-order valence-corrected chi connectivity index (χ2v) is 4.74. The van der Waals surface area contributed by atoms with Crippen molar-refractivity contribution in [3.05, 3.63) is 33.1 Å². The number of hydrogen-bond donors (Lipinski definition) is 2. The van der Waals surface area contributed by atoms with Gasteiger partial charge in [0, 0.05) is 18.8 Å². The summed E-state index contributed by atoms with van der Waals surface area (Å²) in [5.74, 6) is -1.66. The van der Waals surface area contributed by atoms with Crippen molar-refractivity contribution in [1.29, 1.82) is 0 Å². The zero-order chi connectivity index (χ0) is 15.5. The van der Waals surface area contributed by atoms with E-state index in [0.29, 0.717) is 0 Å². The number of aromatic nitrogens is 2. The molecule has 110 valence electrons. The lowest BCUT2D eigenvalue weighted by molar-refractivity contribution is -0.157. The number of nitrogens with one attached hydrogen (secondary N) is 1. The van der Waals surface area contributed by atoms with Crippen LogP contribution in [0, 0.1) is 0 Å². The molecule has 1 aromatic rings. The Morgan fingerprint density at radius 1 is 1.40 bits per heavy atom. The number of H-pyrrole nitrogens is 1. The standard InChI is InChI=1S/C12H17N3O5/c1-4-15(12(2,3)10(18)19)9(17)7-14-6-5-8(16)13-11(14)20/h5-6H,4,7H2,1-3H3,(H,18,19)(H,13,16,20). The summed E-state index contributed by atoms with van der Waals surface area (Å²) in [5.41, 5.74) is -2.65. The number of aliphatic carboxylic acids is 1. The molecule has 1 amide bonds. The summed E-state index contributed by atoms with van der Waals surface area (Å²) in [4.78, 5) is 48.9. The van der Waals surface area contributed by atoms with E-state index in [-0.39, 0.29) is 13.1 Å². The lowest BCUT2D eigenvalue weighted by Crippen LogP contribution is -2.54. The number of aromatic amines is 1. The Bertz CT molecular complexity index is 628. The van der Waals surface area contributed by atoms with Gasteiger partial charge in [0.15, 0.2) is 0 Å². The Morgan fingerprint density at radius 3 is 2.45 bits per heavy atom. The number of carbonyl (C=O) groups excluding carboxylic acids is 1. The summed E-state index contributed by atoms with van der Waals surface area (Å²) in [6.07, 6.45) is 1.20. The number of carboxylic acids is 1. The van der Waals surface area contributed by atoms with Crippen LogP contribution < -0.4 is 11.2 Å². The van der Waals surface area contributed by atoms with Gasteiger partial charge in [-0.05, 0) is 20.8 Å². The summed E-state index contributed by atoms with van der Waals surface area (Å²) < 4.78 is 1.02. The average molecular weight is 283 g/mol. The van der Waals surface area contributed by atoms with E-state index >= 15 is 0 Å². The molecule has 0 radical (unpaired) electrons. The predicted molar refractivity (Wildman–Crippen MR) is 70.4 cm³/mol. The largest absolute Gasteiger partial charge is 0.480 e. The molecule has 0 unspecified atom stereocenters. The highest BCUT2D eigenvalue weighted by Crippen LogP contribution is 2.15. The summed E-state index contributed by atoms with van der Waals surface area (Å²) >= 11 is 0. The van der Waals surface area contributed by atoms with Crippen molar-refractivity contribution in [2.45, 2.75) is 32.9 Å². The number of likely N-dealkylation sites (N-methyl/N-ethyl adjacent to an activating group) is 1. The summed E-state index contributed by atoms with van der Waals surface area (Å²) in [7, 11) is 0. The minimum Gasteiger partial charge on any atom is -0.480 e. The molecule has 20 heavy (non-hydrogen) atoms. The minimum atomic E-state index is -1.38. The van der Waals surface area contributed by atoms with Crippen LogP contribution in [-0.4, -0.2) is 43.5 Å². The van der Waals surface area contributed by atoms with Gasteiger partial charge in [0.2, 0.25) is 5.91 Å². The van der Waals surface area contributed by atoms with E-state index in [1.54, 1.807) is 6.92 Å². The van der Waals surface area contributed by atoms with Gasteiger partial charge in [-0.2, -0.15) is 0 Å². The Balaban J connectivity index is 3.02. The highest BCUT2D eigenvalue weighted by molar-refractivity contribution is 5.86. The molecule has 0 fully saturated rings. The molecule has 1 heterocycles. The molecule has 1 aromatic heterocycles. The third kappa shape index (κ3) is 3.14. The molecular weight excluding hydrogens is 266 g/mol. The molecule has 1 rings (SSSR count). The molecular formula is C12H17N3O5. The zero-order valence-electron chi connectivity index (χ0n) is 11.5. The molecule has 0 aromatic carbocycles. The monoisotopic (exact) mass is 283 g/mol. The third-order valence-electron chi connectivity index (χ3n) is 3.02. The van der Waals surface area contributed by atoms with E-state index in [0.717, 1.165) is 15.5 Å². The van der Waals surface area contributed by atoms with Gasteiger partial charge >= 0.3 is 11.7 Å². The second kappa shape index (κ2) is 5.72. The van der Waals surface area contributed by atoms with Crippen molar-refractivity contribution < 1.29 is 14.7 Å². The molecule has 0 aliphatic carbocycles. The Hall–Kier alpha value is -2.38. The summed E-state index contributed by atoms with van der Waals surface area (Å²) in [5, 5.41) is 9.14. The van der Waals surface area contributed by atoms with Crippen LogP contribution in [-0.2, 0) is 16.1 Å². The van der Waals surface area contributed by atoms with Crippen molar-refractivity contribution in [3.8, 4) is 0 Å². The maximum atomic E-state index is 12.1. The van der Waals surface area contributed by atoms with Crippen molar-refractivity contribution >= 4 is 11.9 Å². The zero-order valence-corrected chi connectivity index (χ0v) is 11.5. The van der Waals surface area contributed by atoms with Crippen LogP contribution >= 0.6 is 0 Å². The van der Waals surface area contributed by atoms with E-state index in [9.17, 15) is 19.2 Å². The fraction of sp³-hybridized carbons (Fsp3) is 0.500. The number of hydrogen-bond acceptors (Lipinski definition) is 4. The second-order valence-electron chi connectivity index (χ2n) is 4.74. The molecule has 8 heteroatoms. The van der Waals surface area contributed by atoms with Gasteiger partial charge in [0.1, 0.15) is 12.1 Å².